The molecule has 0 radical (unpaired) electrons. The zero-order chi connectivity index (χ0) is 17.3. The average Bonchev–Trinajstić information content (AvgIpc) is 3.08. The highest BCUT2D eigenvalue weighted by molar-refractivity contribution is 7.91. The first kappa shape index (κ1) is 17.1. The van der Waals surface area contributed by atoms with Crippen LogP contribution in [0.1, 0.15) is 24.0 Å². The highest BCUT2D eigenvalue weighted by Crippen LogP contribution is 2.27. The Morgan fingerprint density at radius 3 is 2.79 bits per heavy atom. The lowest BCUT2D eigenvalue weighted by Crippen LogP contribution is -2.17. The second kappa shape index (κ2) is 6.64. The van der Waals surface area contributed by atoms with Crippen LogP contribution in [0.5, 0.6) is 0 Å². The zero-order valence-corrected chi connectivity index (χ0v) is 15.3. The number of aryl methyl sites for hydroxylation is 2. The lowest BCUT2D eigenvalue weighted by Gasteiger charge is -2.06. The fraction of sp³-hybridized carbons (Fsp3) is 0.412. The Balaban J connectivity index is 1.63. The standard InChI is InChI=1S/C17H20N2O3S2/c1-11-3-4-14(7-12(11)2)15-9-23-17(18-15)19-16(20)8-13-5-6-24(21,22)10-13/h3-4,7,9,13H,5-6,8,10H2,1-2H3,(H,18,19,20)/t13-/m0/s1. The third-order valence-electron chi connectivity index (χ3n) is 4.35. The maximum Gasteiger partial charge on any atom is 0.226 e. The van der Waals surface area contributed by atoms with Crippen molar-refractivity contribution in [3.05, 3.63) is 34.7 Å². The minimum atomic E-state index is -2.95. The number of anilines is 1. The van der Waals surface area contributed by atoms with Crippen LogP contribution in [-0.2, 0) is 14.6 Å². The van der Waals surface area contributed by atoms with Crippen LogP contribution in [0.15, 0.2) is 23.6 Å². The first-order valence-corrected chi connectivity index (χ1v) is 10.6. The number of nitrogens with zero attached hydrogens (tertiary/aromatic N) is 1. The summed E-state index contributed by atoms with van der Waals surface area (Å²) in [5.41, 5.74) is 4.29. The summed E-state index contributed by atoms with van der Waals surface area (Å²) in [6.45, 7) is 4.12. The van der Waals surface area contributed by atoms with Gasteiger partial charge in [-0.25, -0.2) is 13.4 Å². The Hall–Kier alpha value is -1.73. The van der Waals surface area contributed by atoms with E-state index < -0.39 is 9.84 Å². The molecule has 2 aromatic rings. The molecule has 0 aliphatic carbocycles. The molecule has 1 aliphatic rings. The van der Waals surface area contributed by atoms with E-state index in [4.69, 9.17) is 0 Å². The van der Waals surface area contributed by atoms with Crippen molar-refractivity contribution in [2.24, 2.45) is 5.92 Å². The van der Waals surface area contributed by atoms with E-state index in [0.717, 1.165) is 11.3 Å². The minimum absolute atomic E-state index is 0.0748. The summed E-state index contributed by atoms with van der Waals surface area (Å²) in [7, 11) is -2.95. The van der Waals surface area contributed by atoms with Gasteiger partial charge in [-0.15, -0.1) is 11.3 Å². The number of thiazole rings is 1. The van der Waals surface area contributed by atoms with Crippen molar-refractivity contribution in [2.45, 2.75) is 26.7 Å². The minimum Gasteiger partial charge on any atom is -0.302 e. The topological polar surface area (TPSA) is 76.1 Å². The molecule has 1 amide bonds. The van der Waals surface area contributed by atoms with Gasteiger partial charge in [0.15, 0.2) is 15.0 Å². The molecule has 1 saturated heterocycles. The predicted octanol–water partition coefficient (Wildman–Crippen LogP) is 3.19. The molecule has 1 N–H and O–H groups in total. The van der Waals surface area contributed by atoms with Crippen molar-refractivity contribution in [1.29, 1.82) is 0 Å². The Morgan fingerprint density at radius 1 is 1.33 bits per heavy atom. The summed E-state index contributed by atoms with van der Waals surface area (Å²) in [6, 6.07) is 6.16. The fourth-order valence-electron chi connectivity index (χ4n) is 2.83. The Morgan fingerprint density at radius 2 is 2.12 bits per heavy atom. The van der Waals surface area contributed by atoms with Crippen molar-refractivity contribution in [1.82, 2.24) is 4.98 Å². The molecule has 0 bridgehead atoms. The molecule has 1 atom stereocenters. The molecule has 0 saturated carbocycles. The molecule has 24 heavy (non-hydrogen) atoms. The van der Waals surface area contributed by atoms with Gasteiger partial charge in [0, 0.05) is 17.4 Å². The largest absolute Gasteiger partial charge is 0.302 e. The van der Waals surface area contributed by atoms with Crippen LogP contribution >= 0.6 is 11.3 Å². The average molecular weight is 364 g/mol. The number of carbonyl (C=O) groups excluding carboxylic acids is 1. The van der Waals surface area contributed by atoms with Gasteiger partial charge in [0.1, 0.15) is 0 Å². The van der Waals surface area contributed by atoms with Gasteiger partial charge in [-0.2, -0.15) is 0 Å². The van der Waals surface area contributed by atoms with Crippen LogP contribution in [0.3, 0.4) is 0 Å². The third-order valence-corrected chi connectivity index (χ3v) is 6.95. The molecule has 1 aromatic heterocycles. The summed E-state index contributed by atoms with van der Waals surface area (Å²) in [5, 5.41) is 5.25. The molecule has 5 nitrogen and oxygen atoms in total. The van der Waals surface area contributed by atoms with E-state index in [1.807, 2.05) is 11.4 Å². The first-order chi connectivity index (χ1) is 11.3. The van der Waals surface area contributed by atoms with Gasteiger partial charge in [0.25, 0.3) is 0 Å². The van der Waals surface area contributed by atoms with Crippen LogP contribution in [-0.4, -0.2) is 30.8 Å². The number of nitrogens with one attached hydrogen (secondary N) is 1. The van der Waals surface area contributed by atoms with Crippen LogP contribution < -0.4 is 5.32 Å². The number of sulfone groups is 1. The van der Waals surface area contributed by atoms with Crippen molar-refractivity contribution in [2.75, 3.05) is 16.8 Å². The molecule has 1 aromatic carbocycles. The molecule has 3 rings (SSSR count). The van der Waals surface area contributed by atoms with E-state index in [-0.39, 0.29) is 29.8 Å². The lowest BCUT2D eigenvalue weighted by molar-refractivity contribution is -0.116. The van der Waals surface area contributed by atoms with E-state index >= 15 is 0 Å². The number of aromatic nitrogens is 1. The number of rotatable bonds is 4. The number of benzene rings is 1. The van der Waals surface area contributed by atoms with Gasteiger partial charge in [0.05, 0.1) is 17.2 Å². The van der Waals surface area contributed by atoms with Crippen LogP contribution in [0, 0.1) is 19.8 Å². The van der Waals surface area contributed by atoms with Gasteiger partial charge >= 0.3 is 0 Å². The van der Waals surface area contributed by atoms with Gasteiger partial charge in [-0.05, 0) is 43.4 Å². The summed E-state index contributed by atoms with van der Waals surface area (Å²) >= 11 is 1.38. The maximum atomic E-state index is 12.1. The zero-order valence-electron chi connectivity index (χ0n) is 13.7. The third kappa shape index (κ3) is 4.02. The molecular formula is C17H20N2O3S2. The molecule has 1 fully saturated rings. The first-order valence-electron chi connectivity index (χ1n) is 7.86. The maximum absolute atomic E-state index is 12.1. The molecule has 2 heterocycles. The second-order valence-corrected chi connectivity index (χ2v) is 9.45. The van der Waals surface area contributed by atoms with Crippen molar-refractivity contribution in [3.63, 3.8) is 0 Å². The number of amides is 1. The molecule has 1 aliphatic heterocycles. The Labute approximate surface area is 146 Å². The highest BCUT2D eigenvalue weighted by atomic mass is 32.2. The molecule has 7 heteroatoms. The highest BCUT2D eigenvalue weighted by Gasteiger charge is 2.29. The number of hydrogen-bond acceptors (Lipinski definition) is 5. The van der Waals surface area contributed by atoms with Gasteiger partial charge in [-0.3, -0.25) is 4.79 Å². The van der Waals surface area contributed by atoms with Crippen LogP contribution in [0.2, 0.25) is 0 Å². The normalized spacial score (nSPS) is 19.3. The van der Waals surface area contributed by atoms with Gasteiger partial charge in [0.2, 0.25) is 5.91 Å². The van der Waals surface area contributed by atoms with E-state index in [0.29, 0.717) is 11.6 Å². The van der Waals surface area contributed by atoms with Crippen LogP contribution in [0.4, 0.5) is 5.13 Å². The smallest absolute Gasteiger partial charge is 0.226 e. The number of hydrogen-bond donors (Lipinski definition) is 1. The summed E-state index contributed by atoms with van der Waals surface area (Å²) < 4.78 is 22.9. The summed E-state index contributed by atoms with van der Waals surface area (Å²) in [5.74, 6) is 0.0675. The number of carbonyl (C=O) groups is 1. The van der Waals surface area contributed by atoms with Gasteiger partial charge in [-0.1, -0.05) is 12.1 Å². The van der Waals surface area contributed by atoms with E-state index in [1.165, 1.54) is 22.5 Å². The van der Waals surface area contributed by atoms with E-state index in [9.17, 15) is 13.2 Å². The van der Waals surface area contributed by atoms with E-state index in [1.54, 1.807) is 0 Å². The summed E-state index contributed by atoms with van der Waals surface area (Å²) in [4.78, 5) is 16.5. The van der Waals surface area contributed by atoms with Crippen molar-refractivity contribution in [3.8, 4) is 11.3 Å². The van der Waals surface area contributed by atoms with Crippen LogP contribution in [0.25, 0.3) is 11.3 Å². The lowest BCUT2D eigenvalue weighted by atomic mass is 10.1. The molecule has 0 unspecified atom stereocenters. The monoisotopic (exact) mass is 364 g/mol. The Kier molecular flexibility index (Phi) is 4.73. The molecule has 0 spiro atoms. The molecular weight excluding hydrogens is 344 g/mol. The second-order valence-electron chi connectivity index (χ2n) is 6.36. The Bertz CT molecular complexity index is 872. The van der Waals surface area contributed by atoms with Gasteiger partial charge < -0.3 is 5.32 Å². The fourth-order valence-corrected chi connectivity index (χ4v) is 5.43. The summed E-state index contributed by atoms with van der Waals surface area (Å²) in [6.07, 6.45) is 0.805. The molecule has 128 valence electrons. The predicted molar refractivity (Wildman–Crippen MR) is 97.0 cm³/mol. The SMILES string of the molecule is Cc1ccc(-c2csc(NC(=O)C[C@@H]3CCS(=O)(=O)C3)n2)cc1C. The van der Waals surface area contributed by atoms with E-state index in [2.05, 4.69) is 36.3 Å². The quantitative estimate of drug-likeness (QED) is 0.904. The van der Waals surface area contributed by atoms with Crippen molar-refractivity contribution < 1.29 is 13.2 Å². The van der Waals surface area contributed by atoms with Crippen molar-refractivity contribution >= 4 is 32.2 Å².